The zero-order valence-corrected chi connectivity index (χ0v) is 18.0. The number of nitrogens with zero attached hydrogens (tertiary/aromatic N) is 1. The molecule has 0 saturated carbocycles. The zero-order chi connectivity index (χ0) is 20.7. The van der Waals surface area contributed by atoms with Crippen LogP contribution in [0.5, 0.6) is 0 Å². The van der Waals surface area contributed by atoms with Gasteiger partial charge in [0, 0.05) is 31.4 Å². The molecule has 1 fully saturated rings. The number of rotatable bonds is 6. The largest absolute Gasteiger partial charge is 0.444 e. The lowest BCUT2D eigenvalue weighted by Gasteiger charge is -2.31. The molecule has 1 aliphatic heterocycles. The van der Waals surface area contributed by atoms with Crippen molar-refractivity contribution in [3.05, 3.63) is 21.9 Å². The van der Waals surface area contributed by atoms with Crippen molar-refractivity contribution in [1.29, 1.82) is 0 Å². The Kier molecular flexibility index (Phi) is 7.86. The molecule has 1 aromatic rings. The zero-order valence-electron chi connectivity index (χ0n) is 17.2. The first-order valence-corrected chi connectivity index (χ1v) is 10.5. The van der Waals surface area contributed by atoms with Gasteiger partial charge in [0.05, 0.1) is 11.4 Å². The van der Waals surface area contributed by atoms with Gasteiger partial charge in [-0.2, -0.15) is 0 Å². The van der Waals surface area contributed by atoms with Crippen LogP contribution in [0.1, 0.15) is 61.0 Å². The fraction of sp³-hybridized carbons (Fsp3) is 0.650. The lowest BCUT2D eigenvalue weighted by Crippen LogP contribution is -2.38. The fourth-order valence-electron chi connectivity index (χ4n) is 3.10. The first-order valence-electron chi connectivity index (χ1n) is 9.73. The maximum Gasteiger partial charge on any atom is 0.407 e. The molecule has 0 spiro atoms. The number of nitrogens with one attached hydrogen (secondary N) is 2. The van der Waals surface area contributed by atoms with Crippen molar-refractivity contribution in [1.82, 2.24) is 15.5 Å². The van der Waals surface area contributed by atoms with Crippen LogP contribution < -0.4 is 10.6 Å². The maximum absolute atomic E-state index is 12.7. The van der Waals surface area contributed by atoms with E-state index >= 15 is 0 Å². The van der Waals surface area contributed by atoms with Crippen molar-refractivity contribution >= 4 is 29.2 Å². The van der Waals surface area contributed by atoms with E-state index in [1.807, 2.05) is 37.8 Å². The van der Waals surface area contributed by atoms with Gasteiger partial charge < -0.3 is 20.3 Å². The van der Waals surface area contributed by atoms with Crippen LogP contribution >= 0.6 is 11.3 Å². The summed E-state index contributed by atoms with van der Waals surface area (Å²) in [6.07, 6.45) is 2.82. The molecule has 3 amide bonds. The highest BCUT2D eigenvalue weighted by atomic mass is 32.1. The van der Waals surface area contributed by atoms with Crippen LogP contribution in [0.3, 0.4) is 0 Å². The first-order chi connectivity index (χ1) is 13.2. The molecule has 0 radical (unpaired) electrons. The number of hydrogen-bond donors (Lipinski definition) is 2. The summed E-state index contributed by atoms with van der Waals surface area (Å²) in [5.74, 6) is 0.612. The van der Waals surface area contributed by atoms with Crippen LogP contribution in [0.4, 0.5) is 4.79 Å². The van der Waals surface area contributed by atoms with Crippen molar-refractivity contribution in [2.75, 3.05) is 20.1 Å². The van der Waals surface area contributed by atoms with Gasteiger partial charge in [-0.05, 0) is 58.1 Å². The highest BCUT2D eigenvalue weighted by molar-refractivity contribution is 7.14. The smallest absolute Gasteiger partial charge is 0.407 e. The summed E-state index contributed by atoms with van der Waals surface area (Å²) >= 11 is 1.40. The monoisotopic (exact) mass is 409 g/mol. The second kappa shape index (κ2) is 9.91. The van der Waals surface area contributed by atoms with Gasteiger partial charge in [0.25, 0.3) is 5.91 Å². The summed E-state index contributed by atoms with van der Waals surface area (Å²) in [6.45, 7) is 7.23. The average molecular weight is 410 g/mol. The summed E-state index contributed by atoms with van der Waals surface area (Å²) in [7, 11) is 1.65. The number of piperidine rings is 1. The molecule has 8 heteroatoms. The molecule has 7 nitrogen and oxygen atoms in total. The lowest BCUT2D eigenvalue weighted by molar-refractivity contribution is -0.121. The Balaban J connectivity index is 1.78. The molecule has 0 unspecified atom stereocenters. The molecule has 2 rings (SSSR count). The highest BCUT2D eigenvalue weighted by Gasteiger charge is 2.25. The number of hydrogen-bond acceptors (Lipinski definition) is 5. The van der Waals surface area contributed by atoms with Gasteiger partial charge in [-0.25, -0.2) is 4.79 Å². The third-order valence-corrected chi connectivity index (χ3v) is 5.71. The summed E-state index contributed by atoms with van der Waals surface area (Å²) in [5, 5.41) is 5.36. The van der Waals surface area contributed by atoms with Crippen LogP contribution in [0.2, 0.25) is 0 Å². The second-order valence-corrected chi connectivity index (χ2v) is 9.24. The van der Waals surface area contributed by atoms with Gasteiger partial charge in [-0.3, -0.25) is 9.59 Å². The van der Waals surface area contributed by atoms with E-state index in [0.717, 1.165) is 37.2 Å². The number of amides is 3. The van der Waals surface area contributed by atoms with Gasteiger partial charge in [-0.1, -0.05) is 0 Å². The van der Waals surface area contributed by atoms with Gasteiger partial charge in [-0.15, -0.1) is 11.3 Å². The Hall–Kier alpha value is -2.09. The minimum atomic E-state index is -0.535. The Morgan fingerprint density at radius 1 is 1.21 bits per heavy atom. The fourth-order valence-corrected chi connectivity index (χ4v) is 4.02. The van der Waals surface area contributed by atoms with Crippen molar-refractivity contribution in [3.8, 4) is 0 Å². The SMILES string of the molecule is CNC(=O)CCC1CCN(C(=O)c2ccc(CNC(=O)OC(C)(C)C)s2)CC1. The Morgan fingerprint density at radius 2 is 1.89 bits per heavy atom. The standard InChI is InChI=1S/C20H31N3O4S/c1-20(2,3)27-19(26)22-13-15-6-7-16(28-15)18(25)23-11-9-14(10-12-23)5-8-17(24)21-4/h6-7,14H,5,8-13H2,1-4H3,(H,21,24)(H,22,26). The first kappa shape index (κ1) is 22.2. The van der Waals surface area contributed by atoms with Crippen molar-refractivity contribution in [3.63, 3.8) is 0 Å². The predicted molar refractivity (Wildman–Crippen MR) is 109 cm³/mol. The molecule has 28 heavy (non-hydrogen) atoms. The molecule has 1 aromatic heterocycles. The predicted octanol–water partition coefficient (Wildman–Crippen LogP) is 3.15. The van der Waals surface area contributed by atoms with Gasteiger partial charge in [0.1, 0.15) is 5.60 Å². The van der Waals surface area contributed by atoms with Crippen molar-refractivity contribution < 1.29 is 19.1 Å². The third-order valence-electron chi connectivity index (χ3n) is 4.64. The molecule has 1 saturated heterocycles. The Labute approximate surface area is 170 Å². The molecule has 0 aromatic carbocycles. The number of ether oxygens (including phenoxy) is 1. The summed E-state index contributed by atoms with van der Waals surface area (Å²) in [5.41, 5.74) is -0.535. The molecular formula is C20H31N3O4S. The summed E-state index contributed by atoms with van der Waals surface area (Å²) < 4.78 is 5.22. The maximum atomic E-state index is 12.7. The van der Waals surface area contributed by atoms with Crippen molar-refractivity contribution in [2.45, 2.75) is 58.6 Å². The van der Waals surface area contributed by atoms with Crippen LogP contribution in [0, 0.1) is 5.92 Å². The molecule has 0 bridgehead atoms. The molecular weight excluding hydrogens is 378 g/mol. The van der Waals surface area contributed by atoms with Crippen LogP contribution in [0.25, 0.3) is 0 Å². The second-order valence-electron chi connectivity index (χ2n) is 8.07. The minimum Gasteiger partial charge on any atom is -0.444 e. The average Bonchev–Trinajstić information content (AvgIpc) is 3.12. The Bertz CT molecular complexity index is 688. The van der Waals surface area contributed by atoms with E-state index in [1.165, 1.54) is 11.3 Å². The molecule has 156 valence electrons. The Morgan fingerprint density at radius 3 is 2.50 bits per heavy atom. The normalized spacial score (nSPS) is 15.2. The van der Waals surface area contributed by atoms with E-state index in [2.05, 4.69) is 10.6 Å². The molecule has 0 atom stereocenters. The van der Waals surface area contributed by atoms with E-state index < -0.39 is 11.7 Å². The molecule has 2 heterocycles. The van der Waals surface area contributed by atoms with Crippen LogP contribution in [-0.4, -0.2) is 48.5 Å². The van der Waals surface area contributed by atoms with E-state index in [9.17, 15) is 14.4 Å². The van der Waals surface area contributed by atoms with E-state index in [4.69, 9.17) is 4.74 Å². The third kappa shape index (κ3) is 7.14. The summed E-state index contributed by atoms with van der Waals surface area (Å²) in [4.78, 5) is 39.3. The van der Waals surface area contributed by atoms with E-state index in [-0.39, 0.29) is 11.8 Å². The topological polar surface area (TPSA) is 87.7 Å². The molecule has 2 N–H and O–H groups in total. The highest BCUT2D eigenvalue weighted by Crippen LogP contribution is 2.25. The van der Waals surface area contributed by atoms with E-state index in [0.29, 0.717) is 23.8 Å². The molecule has 0 aliphatic carbocycles. The number of carbonyl (C=O) groups is 3. The quantitative estimate of drug-likeness (QED) is 0.755. The molecule has 1 aliphatic rings. The van der Waals surface area contributed by atoms with E-state index in [1.54, 1.807) is 7.05 Å². The number of alkyl carbamates (subject to hydrolysis) is 1. The number of likely N-dealkylation sites (tertiary alicyclic amines) is 1. The lowest BCUT2D eigenvalue weighted by atomic mass is 9.92. The number of carbonyl (C=O) groups excluding carboxylic acids is 3. The van der Waals surface area contributed by atoms with Gasteiger partial charge in [0.15, 0.2) is 0 Å². The van der Waals surface area contributed by atoms with Gasteiger partial charge in [0.2, 0.25) is 5.91 Å². The minimum absolute atomic E-state index is 0.0401. The van der Waals surface area contributed by atoms with Gasteiger partial charge >= 0.3 is 6.09 Å². The summed E-state index contributed by atoms with van der Waals surface area (Å²) in [6, 6.07) is 3.68. The number of thiophene rings is 1. The van der Waals surface area contributed by atoms with Crippen molar-refractivity contribution in [2.24, 2.45) is 5.92 Å². The van der Waals surface area contributed by atoms with Crippen LogP contribution in [-0.2, 0) is 16.1 Å². The van der Waals surface area contributed by atoms with Crippen LogP contribution in [0.15, 0.2) is 12.1 Å².